The molecule has 6 fully saturated rings. The Hall–Kier alpha value is -0.580. The molecule has 4 bridgehead atoms. The predicted molar refractivity (Wildman–Crippen MR) is 99.3 cm³/mol. The minimum absolute atomic E-state index is 0.103. The molecule has 5 aliphatic carbocycles. The Morgan fingerprint density at radius 2 is 1.48 bits per heavy atom. The first-order valence-corrected chi connectivity index (χ1v) is 11.0. The van der Waals surface area contributed by atoms with Crippen LogP contribution in [0.25, 0.3) is 0 Å². The lowest BCUT2D eigenvalue weighted by Gasteiger charge is -2.60. The Labute approximate surface area is 158 Å². The van der Waals surface area contributed by atoms with E-state index in [1.54, 1.807) is 0 Å². The molecule has 5 saturated carbocycles. The van der Waals surface area contributed by atoms with E-state index in [0.29, 0.717) is 11.8 Å². The summed E-state index contributed by atoms with van der Waals surface area (Å²) in [4.78, 5) is 30.0. The molecule has 1 heterocycles. The lowest BCUT2D eigenvalue weighted by molar-refractivity contribution is -0.159. The molecule has 2 unspecified atom stereocenters. The fraction of sp³-hybridized carbons (Fsp3) is 0.900. The van der Waals surface area contributed by atoms with Crippen molar-refractivity contribution in [2.24, 2.45) is 23.2 Å². The highest BCUT2D eigenvalue weighted by Gasteiger charge is 2.60. The largest absolute Gasteiger partial charge is 0.339 e. The van der Waals surface area contributed by atoms with Gasteiger partial charge in [0.2, 0.25) is 11.8 Å². The summed E-state index contributed by atoms with van der Waals surface area (Å²) in [6.45, 7) is 2.96. The quantitative estimate of drug-likeness (QED) is 0.658. The number of rotatable bonds is 2. The average molecular weight is 409 g/mol. The van der Waals surface area contributed by atoms with Gasteiger partial charge in [0.15, 0.2) is 0 Å². The number of hydrogen-bond acceptors (Lipinski definition) is 2. The summed E-state index contributed by atoms with van der Waals surface area (Å²) in [6, 6.07) is 0. The molecule has 6 rings (SSSR count). The fourth-order valence-corrected chi connectivity index (χ4v) is 8.23. The van der Waals surface area contributed by atoms with Crippen molar-refractivity contribution in [3.63, 3.8) is 0 Å². The van der Waals surface area contributed by atoms with Gasteiger partial charge in [-0.3, -0.25) is 9.59 Å². The minimum atomic E-state index is -0.103. The summed E-state index contributed by atoms with van der Waals surface area (Å²) in [7, 11) is 0. The number of carbonyl (C=O) groups is 2. The third kappa shape index (κ3) is 2.67. The number of halogens is 1. The first kappa shape index (κ1) is 16.6. The van der Waals surface area contributed by atoms with Crippen LogP contribution in [0.1, 0.15) is 57.8 Å². The summed E-state index contributed by atoms with van der Waals surface area (Å²) in [5, 5.41) is 0. The van der Waals surface area contributed by atoms with Gasteiger partial charge in [-0.2, -0.15) is 0 Å². The summed E-state index contributed by atoms with van der Waals surface area (Å²) >= 11 is 4.02. The molecule has 6 aliphatic rings. The van der Waals surface area contributed by atoms with Gasteiger partial charge < -0.3 is 9.80 Å². The van der Waals surface area contributed by atoms with Gasteiger partial charge >= 0.3 is 0 Å². The molecular formula is C20H29BrN2O2. The maximum Gasteiger partial charge on any atom is 0.228 e. The highest BCUT2D eigenvalue weighted by atomic mass is 79.9. The molecule has 1 saturated heterocycles. The van der Waals surface area contributed by atoms with Crippen LogP contribution >= 0.6 is 15.9 Å². The number of amides is 2. The first-order chi connectivity index (χ1) is 12.0. The molecule has 0 radical (unpaired) electrons. The molecule has 25 heavy (non-hydrogen) atoms. The summed E-state index contributed by atoms with van der Waals surface area (Å²) < 4.78 is 0.231. The van der Waals surface area contributed by atoms with Crippen LogP contribution in [0.3, 0.4) is 0 Å². The molecule has 0 spiro atoms. The Balaban J connectivity index is 1.26. The van der Waals surface area contributed by atoms with Crippen LogP contribution < -0.4 is 0 Å². The SMILES string of the molecule is O=C(C1CCC1)N1CCN(C(=O)C23CC4CC(CC(Br)(C4)C2)C3)CC1. The maximum atomic E-state index is 13.5. The van der Waals surface area contributed by atoms with Gasteiger partial charge in [0.25, 0.3) is 0 Å². The lowest BCUT2D eigenvalue weighted by Crippen LogP contribution is -2.61. The van der Waals surface area contributed by atoms with Crippen molar-refractivity contribution >= 4 is 27.7 Å². The van der Waals surface area contributed by atoms with Crippen molar-refractivity contribution in [3.05, 3.63) is 0 Å². The highest BCUT2D eigenvalue weighted by molar-refractivity contribution is 9.10. The fourth-order valence-electron chi connectivity index (χ4n) is 6.78. The molecule has 4 nitrogen and oxygen atoms in total. The van der Waals surface area contributed by atoms with E-state index < -0.39 is 0 Å². The zero-order valence-corrected chi connectivity index (χ0v) is 16.6. The maximum absolute atomic E-state index is 13.5. The number of alkyl halides is 1. The van der Waals surface area contributed by atoms with Crippen LogP contribution in [0, 0.1) is 23.2 Å². The molecule has 138 valence electrons. The average Bonchev–Trinajstić information content (AvgIpc) is 2.50. The smallest absolute Gasteiger partial charge is 0.228 e. The molecule has 0 N–H and O–H groups in total. The number of piperazine rings is 1. The van der Waals surface area contributed by atoms with Gasteiger partial charge in [-0.1, -0.05) is 22.4 Å². The number of hydrogen-bond donors (Lipinski definition) is 0. The van der Waals surface area contributed by atoms with Gasteiger partial charge in [0.05, 0.1) is 5.41 Å². The topological polar surface area (TPSA) is 40.6 Å². The Kier molecular flexibility index (Phi) is 3.79. The van der Waals surface area contributed by atoms with Gasteiger partial charge in [0.1, 0.15) is 0 Å². The molecule has 0 aromatic rings. The normalized spacial score (nSPS) is 43.2. The van der Waals surface area contributed by atoms with Crippen molar-refractivity contribution < 1.29 is 9.59 Å². The van der Waals surface area contributed by atoms with Crippen molar-refractivity contribution in [2.45, 2.75) is 62.1 Å². The second kappa shape index (κ2) is 5.71. The van der Waals surface area contributed by atoms with Gasteiger partial charge in [-0.05, 0) is 63.2 Å². The van der Waals surface area contributed by atoms with E-state index in [-0.39, 0.29) is 15.7 Å². The third-order valence-electron chi connectivity index (χ3n) is 7.78. The first-order valence-electron chi connectivity index (χ1n) is 10.2. The van der Waals surface area contributed by atoms with Gasteiger partial charge in [-0.15, -0.1) is 0 Å². The van der Waals surface area contributed by atoms with E-state index in [0.717, 1.165) is 70.1 Å². The van der Waals surface area contributed by atoms with Crippen LogP contribution in [0.4, 0.5) is 0 Å². The Morgan fingerprint density at radius 1 is 0.880 bits per heavy atom. The van der Waals surface area contributed by atoms with Crippen LogP contribution in [0.2, 0.25) is 0 Å². The zero-order valence-electron chi connectivity index (χ0n) is 15.0. The Morgan fingerprint density at radius 3 is 2.00 bits per heavy atom. The van der Waals surface area contributed by atoms with Gasteiger partial charge in [-0.25, -0.2) is 0 Å². The molecule has 0 aromatic heterocycles. The van der Waals surface area contributed by atoms with Crippen molar-refractivity contribution in [1.82, 2.24) is 9.80 Å². The minimum Gasteiger partial charge on any atom is -0.339 e. The van der Waals surface area contributed by atoms with Crippen LogP contribution in [0.5, 0.6) is 0 Å². The summed E-state index contributed by atoms with van der Waals surface area (Å²) in [5.74, 6) is 2.50. The zero-order chi connectivity index (χ0) is 17.2. The monoisotopic (exact) mass is 408 g/mol. The van der Waals surface area contributed by atoms with E-state index in [4.69, 9.17) is 0 Å². The molecular weight excluding hydrogens is 380 g/mol. The van der Waals surface area contributed by atoms with E-state index in [9.17, 15) is 9.59 Å². The van der Waals surface area contributed by atoms with Crippen LogP contribution in [-0.4, -0.2) is 52.1 Å². The van der Waals surface area contributed by atoms with Crippen LogP contribution in [0.15, 0.2) is 0 Å². The second-order valence-corrected chi connectivity index (χ2v) is 11.3. The van der Waals surface area contributed by atoms with Gasteiger partial charge in [0, 0.05) is 36.4 Å². The van der Waals surface area contributed by atoms with E-state index >= 15 is 0 Å². The molecule has 5 heteroatoms. The molecule has 2 atom stereocenters. The molecule has 0 aromatic carbocycles. The van der Waals surface area contributed by atoms with Crippen molar-refractivity contribution in [3.8, 4) is 0 Å². The highest BCUT2D eigenvalue weighted by Crippen LogP contribution is 2.64. The summed E-state index contributed by atoms with van der Waals surface area (Å²) in [5.41, 5.74) is -0.103. The van der Waals surface area contributed by atoms with E-state index in [2.05, 4.69) is 20.8 Å². The van der Waals surface area contributed by atoms with Crippen molar-refractivity contribution in [1.29, 1.82) is 0 Å². The number of carbonyl (C=O) groups excluding carboxylic acids is 2. The third-order valence-corrected chi connectivity index (χ3v) is 8.70. The molecule has 2 amide bonds. The lowest BCUT2D eigenvalue weighted by atomic mass is 9.49. The summed E-state index contributed by atoms with van der Waals surface area (Å²) in [6.07, 6.45) is 10.5. The molecule has 1 aliphatic heterocycles. The number of nitrogens with zero attached hydrogens (tertiary/aromatic N) is 2. The van der Waals surface area contributed by atoms with E-state index in [1.165, 1.54) is 25.7 Å². The Bertz CT molecular complexity index is 581. The second-order valence-electron chi connectivity index (χ2n) is 9.64. The van der Waals surface area contributed by atoms with Crippen LogP contribution in [-0.2, 0) is 9.59 Å². The standard InChI is InChI=1S/C20H29BrN2O2/c21-20-11-14-8-15(12-20)10-19(9-14,13-20)18(25)23-6-4-22(5-7-23)17(24)16-2-1-3-16/h14-16H,1-13H2. The van der Waals surface area contributed by atoms with E-state index in [1.807, 2.05) is 4.90 Å². The van der Waals surface area contributed by atoms with Crippen molar-refractivity contribution in [2.75, 3.05) is 26.2 Å². The predicted octanol–water partition coefficient (Wildman–Crippen LogP) is 3.19.